The first-order valence-electron chi connectivity index (χ1n) is 6.60. The molecule has 0 saturated heterocycles. The summed E-state index contributed by atoms with van der Waals surface area (Å²) in [6.07, 6.45) is 1.81. The van der Waals surface area contributed by atoms with Gasteiger partial charge in [0.15, 0.2) is 0 Å². The lowest BCUT2D eigenvalue weighted by molar-refractivity contribution is 0.0326. The fourth-order valence-electron chi connectivity index (χ4n) is 2.38. The lowest BCUT2D eigenvalue weighted by atomic mass is 10.1. The first-order chi connectivity index (χ1) is 9.39. The summed E-state index contributed by atoms with van der Waals surface area (Å²) in [6.45, 7) is 2.41. The third-order valence-corrected chi connectivity index (χ3v) is 3.12. The molecule has 0 aliphatic carbocycles. The number of hydrogen-bond donors (Lipinski definition) is 3. The predicted octanol–water partition coefficient (Wildman–Crippen LogP) is 1.21. The van der Waals surface area contributed by atoms with Crippen molar-refractivity contribution >= 4 is 16.8 Å². The monoisotopic (exact) mass is 275 g/mol. The lowest BCUT2D eigenvalue weighted by Gasteiger charge is -2.27. The van der Waals surface area contributed by atoms with Crippen LogP contribution < -0.4 is 5.32 Å². The predicted molar refractivity (Wildman–Crippen MR) is 79.8 cm³/mol. The Kier molecular flexibility index (Phi) is 4.11. The number of H-pyrrole nitrogens is 1. The van der Waals surface area contributed by atoms with Crippen molar-refractivity contribution in [3.05, 3.63) is 36.0 Å². The van der Waals surface area contributed by atoms with Crippen molar-refractivity contribution in [2.45, 2.75) is 12.5 Å². The molecule has 5 nitrogen and oxygen atoms in total. The average Bonchev–Trinajstić information content (AvgIpc) is 2.82. The average molecular weight is 275 g/mol. The van der Waals surface area contributed by atoms with Crippen molar-refractivity contribution in [2.75, 3.05) is 27.2 Å². The Labute approximate surface area is 118 Å². The van der Waals surface area contributed by atoms with E-state index < -0.39 is 5.60 Å². The Morgan fingerprint density at radius 1 is 1.40 bits per heavy atom. The summed E-state index contributed by atoms with van der Waals surface area (Å²) >= 11 is 0. The van der Waals surface area contributed by atoms with Crippen LogP contribution in [0.1, 0.15) is 17.3 Å². The summed E-state index contributed by atoms with van der Waals surface area (Å²) in [6, 6.07) is 7.50. The Morgan fingerprint density at radius 3 is 2.85 bits per heavy atom. The number of amides is 1. The molecule has 2 rings (SSSR count). The fourth-order valence-corrected chi connectivity index (χ4v) is 2.38. The number of para-hydroxylation sites is 1. The van der Waals surface area contributed by atoms with Crippen molar-refractivity contribution in [1.29, 1.82) is 0 Å². The second kappa shape index (κ2) is 5.64. The van der Waals surface area contributed by atoms with Crippen LogP contribution in [0.15, 0.2) is 30.5 Å². The zero-order valence-corrected chi connectivity index (χ0v) is 12.1. The van der Waals surface area contributed by atoms with Gasteiger partial charge >= 0.3 is 0 Å². The number of aromatic amines is 1. The van der Waals surface area contributed by atoms with Gasteiger partial charge in [-0.25, -0.2) is 0 Å². The summed E-state index contributed by atoms with van der Waals surface area (Å²) < 4.78 is 0. The number of benzene rings is 1. The molecule has 20 heavy (non-hydrogen) atoms. The SMILES string of the molecule is CN(C)CC(C)(O)CNC(=O)c1cccc2cc[nH]c12. The molecule has 2 aromatic rings. The van der Waals surface area contributed by atoms with Gasteiger partial charge in [-0.3, -0.25) is 4.79 Å². The molecule has 0 bridgehead atoms. The molecule has 1 unspecified atom stereocenters. The highest BCUT2D eigenvalue weighted by atomic mass is 16.3. The van der Waals surface area contributed by atoms with E-state index in [1.54, 1.807) is 13.0 Å². The van der Waals surface area contributed by atoms with Gasteiger partial charge in [-0.2, -0.15) is 0 Å². The van der Waals surface area contributed by atoms with Gasteiger partial charge in [0.25, 0.3) is 5.91 Å². The molecule has 0 aliphatic rings. The van der Waals surface area contributed by atoms with Gasteiger partial charge in [0.1, 0.15) is 0 Å². The van der Waals surface area contributed by atoms with Gasteiger partial charge < -0.3 is 20.3 Å². The maximum atomic E-state index is 12.2. The number of aliphatic hydroxyl groups is 1. The number of likely N-dealkylation sites (N-methyl/N-ethyl adjacent to an activating group) is 1. The highest BCUT2D eigenvalue weighted by Crippen LogP contribution is 2.16. The molecule has 5 heteroatoms. The molecular weight excluding hydrogens is 254 g/mol. The molecule has 1 heterocycles. The number of hydrogen-bond acceptors (Lipinski definition) is 3. The van der Waals surface area contributed by atoms with Gasteiger partial charge in [-0.05, 0) is 33.2 Å². The smallest absolute Gasteiger partial charge is 0.253 e. The molecule has 0 saturated carbocycles. The van der Waals surface area contributed by atoms with Gasteiger partial charge in [0, 0.05) is 24.7 Å². The van der Waals surface area contributed by atoms with Crippen LogP contribution in [0.2, 0.25) is 0 Å². The number of rotatable bonds is 5. The van der Waals surface area contributed by atoms with Crippen LogP contribution >= 0.6 is 0 Å². The second-order valence-electron chi connectivity index (χ2n) is 5.66. The third-order valence-electron chi connectivity index (χ3n) is 3.12. The number of nitrogens with one attached hydrogen (secondary N) is 2. The van der Waals surface area contributed by atoms with E-state index in [-0.39, 0.29) is 12.5 Å². The van der Waals surface area contributed by atoms with Crippen LogP contribution in [0.3, 0.4) is 0 Å². The van der Waals surface area contributed by atoms with E-state index >= 15 is 0 Å². The van der Waals surface area contributed by atoms with Crippen LogP contribution in [-0.4, -0.2) is 53.7 Å². The standard InChI is InChI=1S/C15H21N3O2/c1-15(20,10-18(2)3)9-17-14(19)12-6-4-5-11-7-8-16-13(11)12/h4-8,16,20H,9-10H2,1-3H3,(H,17,19). The summed E-state index contributed by atoms with van der Waals surface area (Å²) in [4.78, 5) is 17.2. The van der Waals surface area contributed by atoms with Crippen LogP contribution in [0, 0.1) is 0 Å². The summed E-state index contributed by atoms with van der Waals surface area (Å²) in [5.74, 6) is -0.183. The summed E-state index contributed by atoms with van der Waals surface area (Å²) in [5.41, 5.74) is 0.452. The normalized spacial score (nSPS) is 14.4. The summed E-state index contributed by atoms with van der Waals surface area (Å²) in [5, 5.41) is 14.0. The first kappa shape index (κ1) is 14.6. The van der Waals surface area contributed by atoms with E-state index in [4.69, 9.17) is 0 Å². The maximum absolute atomic E-state index is 12.2. The van der Waals surface area contributed by atoms with Crippen LogP contribution in [0.5, 0.6) is 0 Å². The van der Waals surface area contributed by atoms with Crippen LogP contribution in [-0.2, 0) is 0 Å². The van der Waals surface area contributed by atoms with E-state index in [0.717, 1.165) is 10.9 Å². The molecule has 108 valence electrons. The molecule has 1 amide bonds. The minimum Gasteiger partial charge on any atom is -0.387 e. The maximum Gasteiger partial charge on any atom is 0.253 e. The van der Waals surface area contributed by atoms with E-state index in [2.05, 4.69) is 10.3 Å². The Morgan fingerprint density at radius 2 is 2.15 bits per heavy atom. The molecule has 0 spiro atoms. The first-order valence-corrected chi connectivity index (χ1v) is 6.60. The lowest BCUT2D eigenvalue weighted by Crippen LogP contribution is -2.47. The van der Waals surface area contributed by atoms with E-state index in [1.807, 2.05) is 43.4 Å². The van der Waals surface area contributed by atoms with Crippen molar-refractivity contribution in [1.82, 2.24) is 15.2 Å². The number of nitrogens with zero attached hydrogens (tertiary/aromatic N) is 1. The van der Waals surface area contributed by atoms with E-state index in [1.165, 1.54) is 0 Å². The molecule has 0 radical (unpaired) electrons. The largest absolute Gasteiger partial charge is 0.387 e. The Bertz CT molecular complexity index is 602. The molecule has 0 fully saturated rings. The highest BCUT2D eigenvalue weighted by Gasteiger charge is 2.22. The Balaban J connectivity index is 2.07. The van der Waals surface area contributed by atoms with Gasteiger partial charge in [-0.15, -0.1) is 0 Å². The van der Waals surface area contributed by atoms with Gasteiger partial charge in [0.05, 0.1) is 16.7 Å². The zero-order chi connectivity index (χ0) is 14.8. The highest BCUT2D eigenvalue weighted by molar-refractivity contribution is 6.05. The number of fused-ring (bicyclic) bond motifs is 1. The van der Waals surface area contributed by atoms with Crippen molar-refractivity contribution in [2.24, 2.45) is 0 Å². The van der Waals surface area contributed by atoms with Gasteiger partial charge in [0.2, 0.25) is 0 Å². The molecular formula is C15H21N3O2. The quantitative estimate of drug-likeness (QED) is 0.768. The number of carbonyl (C=O) groups excluding carboxylic acids is 1. The van der Waals surface area contributed by atoms with Crippen molar-refractivity contribution in [3.8, 4) is 0 Å². The molecule has 1 aromatic heterocycles. The summed E-state index contributed by atoms with van der Waals surface area (Å²) in [7, 11) is 3.77. The number of carbonyl (C=O) groups is 1. The van der Waals surface area contributed by atoms with Gasteiger partial charge in [-0.1, -0.05) is 12.1 Å². The zero-order valence-electron chi connectivity index (χ0n) is 12.1. The van der Waals surface area contributed by atoms with Crippen LogP contribution in [0.4, 0.5) is 0 Å². The Hall–Kier alpha value is -1.85. The number of aromatic nitrogens is 1. The molecule has 0 aliphatic heterocycles. The minimum atomic E-state index is -0.956. The van der Waals surface area contributed by atoms with E-state index in [9.17, 15) is 9.90 Å². The van der Waals surface area contributed by atoms with Crippen LogP contribution in [0.25, 0.3) is 10.9 Å². The topological polar surface area (TPSA) is 68.4 Å². The molecule has 1 atom stereocenters. The second-order valence-corrected chi connectivity index (χ2v) is 5.66. The molecule has 3 N–H and O–H groups in total. The van der Waals surface area contributed by atoms with Crippen molar-refractivity contribution in [3.63, 3.8) is 0 Å². The third kappa shape index (κ3) is 3.37. The van der Waals surface area contributed by atoms with Crippen molar-refractivity contribution < 1.29 is 9.90 Å². The fraction of sp³-hybridized carbons (Fsp3) is 0.400. The minimum absolute atomic E-state index is 0.183. The van der Waals surface area contributed by atoms with E-state index in [0.29, 0.717) is 12.1 Å². The molecule has 1 aromatic carbocycles.